The van der Waals surface area contributed by atoms with E-state index in [2.05, 4.69) is 10.0 Å². The molecule has 1 aliphatic rings. The fraction of sp³-hybridized carbons (Fsp3) is 0.529. The summed E-state index contributed by atoms with van der Waals surface area (Å²) in [5.41, 5.74) is 0.293. The number of carbonyl (C=O) groups is 2. The molecule has 1 atom stereocenters. The van der Waals surface area contributed by atoms with Crippen LogP contribution in [0.25, 0.3) is 0 Å². The summed E-state index contributed by atoms with van der Waals surface area (Å²) in [4.78, 5) is 23.1. The van der Waals surface area contributed by atoms with E-state index in [9.17, 15) is 18.0 Å². The smallest absolute Gasteiger partial charge is 0.326 e. The number of hydrogen-bond donors (Lipinski definition) is 3. The normalized spacial score (nSPS) is 15.3. The molecule has 1 fully saturated rings. The summed E-state index contributed by atoms with van der Waals surface area (Å²) >= 11 is 0. The van der Waals surface area contributed by atoms with Gasteiger partial charge < -0.3 is 15.2 Å². The molecule has 0 saturated heterocycles. The van der Waals surface area contributed by atoms with Gasteiger partial charge in [0.1, 0.15) is 17.5 Å². The van der Waals surface area contributed by atoms with Gasteiger partial charge >= 0.3 is 5.97 Å². The fourth-order valence-corrected chi connectivity index (χ4v) is 3.40. The summed E-state index contributed by atoms with van der Waals surface area (Å²) in [6, 6.07) is 5.24. The van der Waals surface area contributed by atoms with E-state index in [-0.39, 0.29) is 12.0 Å². The van der Waals surface area contributed by atoms with Crippen molar-refractivity contribution in [1.29, 1.82) is 0 Å². The number of rotatable bonds is 10. The van der Waals surface area contributed by atoms with Crippen molar-refractivity contribution in [2.45, 2.75) is 45.3 Å². The summed E-state index contributed by atoms with van der Waals surface area (Å²) in [5.74, 6) is -1.95. The van der Waals surface area contributed by atoms with E-state index in [1.165, 1.54) is 12.1 Å². The molecule has 2 rings (SSSR count). The van der Waals surface area contributed by atoms with Crippen molar-refractivity contribution in [3.05, 3.63) is 24.3 Å². The van der Waals surface area contributed by atoms with Gasteiger partial charge in [0.05, 0.1) is 6.10 Å². The predicted molar refractivity (Wildman–Crippen MR) is 96.5 cm³/mol. The minimum Gasteiger partial charge on any atom is -0.491 e. The van der Waals surface area contributed by atoms with Gasteiger partial charge in [0.15, 0.2) is 0 Å². The van der Waals surface area contributed by atoms with Crippen LogP contribution in [0, 0.1) is 5.92 Å². The zero-order valence-corrected chi connectivity index (χ0v) is 15.6. The maximum atomic E-state index is 12.1. The number of sulfonamides is 1. The van der Waals surface area contributed by atoms with Crippen LogP contribution in [-0.2, 0) is 19.6 Å². The van der Waals surface area contributed by atoms with Gasteiger partial charge in [-0.15, -0.1) is 0 Å². The summed E-state index contributed by atoms with van der Waals surface area (Å²) < 4.78 is 32.0. The number of carbonyl (C=O) groups excluding carboxylic acids is 1. The monoisotopic (exact) mass is 384 g/mol. The average Bonchev–Trinajstić information content (AvgIpc) is 3.31. The Kier molecular flexibility index (Phi) is 6.47. The highest BCUT2D eigenvalue weighted by Gasteiger charge is 2.31. The lowest BCUT2D eigenvalue weighted by Gasteiger charge is -2.15. The maximum Gasteiger partial charge on any atom is 0.326 e. The predicted octanol–water partition coefficient (Wildman–Crippen LogP) is 1.58. The molecule has 1 aromatic carbocycles. The standard InChI is InChI=1S/C17H24N2O6S/c1-11(2)25-14-7-5-13(6-8-14)19-26(23,24)10-16(20)18-15(17(21)22)9-12-3-4-12/h5-8,11-12,15,19H,3-4,9-10H2,1-2H3,(H,18,20)(H,21,22). The summed E-state index contributed by atoms with van der Waals surface area (Å²) in [6.07, 6.45) is 2.21. The van der Waals surface area contributed by atoms with Gasteiger partial charge in [-0.1, -0.05) is 12.8 Å². The fourth-order valence-electron chi connectivity index (χ4n) is 2.41. The SMILES string of the molecule is CC(C)Oc1ccc(NS(=O)(=O)CC(=O)NC(CC2CC2)C(=O)O)cc1. The zero-order chi connectivity index (χ0) is 19.3. The second-order valence-corrected chi connectivity index (χ2v) is 8.41. The number of nitrogens with one attached hydrogen (secondary N) is 2. The van der Waals surface area contributed by atoms with Crippen molar-refractivity contribution >= 4 is 27.6 Å². The second kappa shape index (κ2) is 8.39. The zero-order valence-electron chi connectivity index (χ0n) is 14.8. The van der Waals surface area contributed by atoms with E-state index in [1.54, 1.807) is 12.1 Å². The van der Waals surface area contributed by atoms with Crippen LogP contribution in [0.5, 0.6) is 5.75 Å². The minimum atomic E-state index is -3.95. The lowest BCUT2D eigenvalue weighted by Crippen LogP contribution is -2.44. The topological polar surface area (TPSA) is 122 Å². The molecule has 9 heteroatoms. The van der Waals surface area contributed by atoms with Gasteiger partial charge in [-0.25, -0.2) is 13.2 Å². The van der Waals surface area contributed by atoms with E-state index in [0.29, 0.717) is 17.9 Å². The Balaban J connectivity index is 1.90. The van der Waals surface area contributed by atoms with Crippen molar-refractivity contribution in [2.24, 2.45) is 5.92 Å². The first-order valence-electron chi connectivity index (χ1n) is 8.44. The van der Waals surface area contributed by atoms with Crippen LogP contribution < -0.4 is 14.8 Å². The van der Waals surface area contributed by atoms with Gasteiger partial charge in [-0.05, 0) is 50.5 Å². The Bertz CT molecular complexity index is 741. The quantitative estimate of drug-likeness (QED) is 0.563. The molecule has 0 aromatic heterocycles. The number of hydrogen-bond acceptors (Lipinski definition) is 5. The second-order valence-electron chi connectivity index (χ2n) is 6.69. The highest BCUT2D eigenvalue weighted by atomic mass is 32.2. The maximum absolute atomic E-state index is 12.1. The molecular weight excluding hydrogens is 360 g/mol. The molecule has 3 N–H and O–H groups in total. The minimum absolute atomic E-state index is 0.000872. The van der Waals surface area contributed by atoms with E-state index >= 15 is 0 Å². The van der Waals surface area contributed by atoms with Crippen LogP contribution in [-0.4, -0.2) is 43.3 Å². The molecule has 0 radical (unpaired) electrons. The largest absolute Gasteiger partial charge is 0.491 e. The van der Waals surface area contributed by atoms with Crippen LogP contribution in [0.15, 0.2) is 24.3 Å². The van der Waals surface area contributed by atoms with Gasteiger partial charge in [0, 0.05) is 5.69 Å². The molecule has 0 heterocycles. The lowest BCUT2D eigenvalue weighted by molar-refractivity contribution is -0.141. The molecule has 1 aromatic rings. The number of aliphatic carboxylic acids is 1. The number of anilines is 1. The van der Waals surface area contributed by atoms with E-state index < -0.39 is 33.7 Å². The highest BCUT2D eigenvalue weighted by molar-refractivity contribution is 7.93. The van der Waals surface area contributed by atoms with Gasteiger partial charge in [0.25, 0.3) is 0 Å². The number of ether oxygens (including phenoxy) is 1. The van der Waals surface area contributed by atoms with Crippen molar-refractivity contribution in [1.82, 2.24) is 5.32 Å². The molecule has 1 aliphatic carbocycles. The Morgan fingerprint density at radius 3 is 2.35 bits per heavy atom. The third-order valence-electron chi connectivity index (χ3n) is 3.72. The van der Waals surface area contributed by atoms with Crippen LogP contribution in [0.2, 0.25) is 0 Å². The third-order valence-corrected chi connectivity index (χ3v) is 4.91. The van der Waals surface area contributed by atoms with Crippen molar-refractivity contribution in [3.8, 4) is 5.75 Å². The number of amides is 1. The van der Waals surface area contributed by atoms with Gasteiger partial charge in [-0.3, -0.25) is 9.52 Å². The molecule has 0 spiro atoms. The van der Waals surface area contributed by atoms with Crippen molar-refractivity contribution in [2.75, 3.05) is 10.5 Å². The molecule has 26 heavy (non-hydrogen) atoms. The van der Waals surface area contributed by atoms with Crippen LogP contribution in [0.3, 0.4) is 0 Å². The van der Waals surface area contributed by atoms with Gasteiger partial charge in [0.2, 0.25) is 15.9 Å². The molecule has 8 nitrogen and oxygen atoms in total. The van der Waals surface area contributed by atoms with Crippen LogP contribution in [0.4, 0.5) is 5.69 Å². The molecular formula is C17H24N2O6S. The molecule has 0 aliphatic heterocycles. The Labute approximate surface area is 153 Å². The highest BCUT2D eigenvalue weighted by Crippen LogP contribution is 2.33. The van der Waals surface area contributed by atoms with Crippen LogP contribution >= 0.6 is 0 Å². The molecule has 1 unspecified atom stereocenters. The number of carboxylic acid groups (broad SMARTS) is 1. The first-order chi connectivity index (χ1) is 12.1. The van der Waals surface area contributed by atoms with E-state index in [1.807, 2.05) is 13.8 Å². The molecule has 0 bridgehead atoms. The first kappa shape index (κ1) is 20.0. The molecule has 144 valence electrons. The average molecular weight is 384 g/mol. The number of carboxylic acids is 1. The Hall–Kier alpha value is -2.29. The summed E-state index contributed by atoms with van der Waals surface area (Å²) in [6.45, 7) is 3.76. The first-order valence-corrected chi connectivity index (χ1v) is 10.1. The third kappa shape index (κ3) is 6.91. The van der Waals surface area contributed by atoms with E-state index in [0.717, 1.165) is 12.8 Å². The van der Waals surface area contributed by atoms with E-state index in [4.69, 9.17) is 9.84 Å². The lowest BCUT2D eigenvalue weighted by atomic mass is 10.1. The summed E-state index contributed by atoms with van der Waals surface area (Å²) in [7, 11) is -3.95. The number of benzene rings is 1. The van der Waals surface area contributed by atoms with Crippen LogP contribution in [0.1, 0.15) is 33.1 Å². The molecule has 1 saturated carbocycles. The summed E-state index contributed by atoms with van der Waals surface area (Å²) in [5, 5.41) is 11.4. The Morgan fingerprint density at radius 1 is 1.23 bits per heavy atom. The van der Waals surface area contributed by atoms with Gasteiger partial charge in [-0.2, -0.15) is 0 Å². The van der Waals surface area contributed by atoms with Crippen molar-refractivity contribution < 1.29 is 27.9 Å². The molecule has 1 amide bonds. The van der Waals surface area contributed by atoms with Crippen molar-refractivity contribution in [3.63, 3.8) is 0 Å². The Morgan fingerprint density at radius 2 is 1.85 bits per heavy atom.